The van der Waals surface area contributed by atoms with Gasteiger partial charge in [-0.1, -0.05) is 6.07 Å². The summed E-state index contributed by atoms with van der Waals surface area (Å²) in [6.45, 7) is 1.68. The van der Waals surface area contributed by atoms with E-state index in [0.717, 1.165) is 0 Å². The summed E-state index contributed by atoms with van der Waals surface area (Å²) in [6, 6.07) is 4.09. The molecule has 2 N–H and O–H groups in total. The van der Waals surface area contributed by atoms with E-state index in [4.69, 9.17) is 11.0 Å². The Morgan fingerprint density at radius 1 is 1.43 bits per heavy atom. The summed E-state index contributed by atoms with van der Waals surface area (Å²) in [5, 5.41) is 8.94. The van der Waals surface area contributed by atoms with E-state index < -0.39 is 24.5 Å². The predicted molar refractivity (Wildman–Crippen MR) is 66.1 cm³/mol. The topological polar surface area (TPSA) is 85.3 Å². The first-order chi connectivity index (χ1) is 9.80. The number of nitrogens with two attached hydrogens (primary N) is 1. The number of nitriles is 1. The van der Waals surface area contributed by atoms with Crippen molar-refractivity contribution in [1.29, 1.82) is 5.26 Å². The lowest BCUT2D eigenvalue weighted by Crippen LogP contribution is -2.20. The summed E-state index contributed by atoms with van der Waals surface area (Å²) in [4.78, 5) is 11.5. The van der Waals surface area contributed by atoms with Crippen molar-refractivity contribution in [1.82, 2.24) is 0 Å². The van der Waals surface area contributed by atoms with Crippen molar-refractivity contribution in [3.8, 4) is 11.8 Å². The molecule has 1 rings (SSSR count). The van der Waals surface area contributed by atoms with Crippen LogP contribution in [0, 0.1) is 11.3 Å². The van der Waals surface area contributed by atoms with E-state index >= 15 is 0 Å². The molecule has 5 nitrogen and oxygen atoms in total. The van der Waals surface area contributed by atoms with Gasteiger partial charge in [0.05, 0.1) is 18.6 Å². The van der Waals surface area contributed by atoms with Crippen molar-refractivity contribution in [2.75, 3.05) is 6.61 Å². The fourth-order valence-corrected chi connectivity index (χ4v) is 1.69. The van der Waals surface area contributed by atoms with Gasteiger partial charge in [0.25, 0.3) is 0 Å². The normalized spacial score (nSPS) is 10.9. The SMILES string of the molecule is CCOC(=O)Cc1cc(CN)cc(C#N)c1OC(F)(F)F. The van der Waals surface area contributed by atoms with Gasteiger partial charge in [0.1, 0.15) is 6.07 Å². The monoisotopic (exact) mass is 302 g/mol. The van der Waals surface area contributed by atoms with Crippen LogP contribution in [0.3, 0.4) is 0 Å². The van der Waals surface area contributed by atoms with Crippen molar-refractivity contribution in [3.05, 3.63) is 28.8 Å². The molecule has 21 heavy (non-hydrogen) atoms. The van der Waals surface area contributed by atoms with Crippen LogP contribution in [0.4, 0.5) is 13.2 Å². The van der Waals surface area contributed by atoms with Crippen LogP contribution in [0.5, 0.6) is 5.75 Å². The first-order valence-electron chi connectivity index (χ1n) is 5.98. The number of rotatable bonds is 5. The van der Waals surface area contributed by atoms with Crippen LogP contribution in [0.1, 0.15) is 23.6 Å². The van der Waals surface area contributed by atoms with Gasteiger partial charge < -0.3 is 15.2 Å². The molecule has 0 bridgehead atoms. The molecule has 0 aliphatic heterocycles. The number of halogens is 3. The third kappa shape index (κ3) is 4.96. The molecule has 0 spiro atoms. The number of benzene rings is 1. The Labute approximate surface area is 119 Å². The van der Waals surface area contributed by atoms with E-state index in [2.05, 4.69) is 9.47 Å². The number of carbonyl (C=O) groups is 1. The third-order valence-corrected chi connectivity index (χ3v) is 2.44. The Hall–Kier alpha value is -2.27. The molecule has 0 radical (unpaired) electrons. The average molecular weight is 302 g/mol. The van der Waals surface area contributed by atoms with E-state index in [1.165, 1.54) is 12.1 Å². The molecule has 0 aliphatic rings. The van der Waals surface area contributed by atoms with Gasteiger partial charge in [-0.05, 0) is 18.6 Å². The van der Waals surface area contributed by atoms with Gasteiger partial charge >= 0.3 is 12.3 Å². The summed E-state index contributed by atoms with van der Waals surface area (Å²) >= 11 is 0. The zero-order valence-electron chi connectivity index (χ0n) is 11.2. The van der Waals surface area contributed by atoms with Gasteiger partial charge in [0.2, 0.25) is 0 Å². The molecule has 0 atom stereocenters. The molecule has 0 saturated carbocycles. The highest BCUT2D eigenvalue weighted by Gasteiger charge is 2.34. The van der Waals surface area contributed by atoms with Gasteiger partial charge in [-0.2, -0.15) is 5.26 Å². The van der Waals surface area contributed by atoms with Crippen molar-refractivity contribution in [2.45, 2.75) is 26.3 Å². The fraction of sp³-hybridized carbons (Fsp3) is 0.385. The predicted octanol–water partition coefficient (Wildman–Crippen LogP) is 2.02. The highest BCUT2D eigenvalue weighted by atomic mass is 19.4. The molecule has 114 valence electrons. The molecule has 0 fully saturated rings. The minimum Gasteiger partial charge on any atom is -0.466 e. The zero-order chi connectivity index (χ0) is 16.0. The molecule has 0 aliphatic carbocycles. The minimum absolute atomic E-state index is 0.0107. The van der Waals surface area contributed by atoms with Crippen LogP contribution in [-0.4, -0.2) is 18.9 Å². The first kappa shape index (κ1) is 16.8. The number of ether oxygens (including phenoxy) is 2. The number of hydrogen-bond acceptors (Lipinski definition) is 5. The van der Waals surface area contributed by atoms with Gasteiger partial charge in [-0.3, -0.25) is 4.79 Å². The van der Waals surface area contributed by atoms with E-state index in [1.807, 2.05) is 0 Å². The van der Waals surface area contributed by atoms with Crippen LogP contribution in [-0.2, 0) is 22.5 Å². The highest BCUT2D eigenvalue weighted by molar-refractivity contribution is 5.74. The smallest absolute Gasteiger partial charge is 0.466 e. The number of esters is 1. The summed E-state index contributed by atoms with van der Waals surface area (Å²) in [5.74, 6) is -1.42. The maximum atomic E-state index is 12.4. The molecule has 0 aromatic heterocycles. The van der Waals surface area contributed by atoms with Crippen LogP contribution in [0.15, 0.2) is 12.1 Å². The quantitative estimate of drug-likeness (QED) is 0.841. The van der Waals surface area contributed by atoms with Gasteiger partial charge in [-0.15, -0.1) is 13.2 Å². The van der Waals surface area contributed by atoms with Gasteiger partial charge in [0, 0.05) is 12.1 Å². The highest BCUT2D eigenvalue weighted by Crippen LogP contribution is 2.31. The second-order valence-corrected chi connectivity index (χ2v) is 3.98. The maximum absolute atomic E-state index is 12.4. The summed E-state index contributed by atoms with van der Waals surface area (Å²) in [7, 11) is 0. The van der Waals surface area contributed by atoms with Gasteiger partial charge in [0.15, 0.2) is 5.75 Å². The lowest BCUT2D eigenvalue weighted by atomic mass is 10.0. The molecular formula is C13H13F3N2O3. The summed E-state index contributed by atoms with van der Waals surface area (Å²) in [6.07, 6.45) is -5.42. The van der Waals surface area contributed by atoms with E-state index in [-0.39, 0.29) is 24.3 Å². The van der Waals surface area contributed by atoms with Crippen molar-refractivity contribution in [2.24, 2.45) is 5.73 Å². The molecule has 0 saturated heterocycles. The Balaban J connectivity index is 3.29. The second kappa shape index (κ2) is 6.95. The zero-order valence-corrected chi connectivity index (χ0v) is 11.2. The third-order valence-electron chi connectivity index (χ3n) is 2.44. The molecule has 1 aromatic carbocycles. The number of nitrogens with zero attached hydrogens (tertiary/aromatic N) is 1. The largest absolute Gasteiger partial charge is 0.573 e. The lowest BCUT2D eigenvalue weighted by molar-refractivity contribution is -0.275. The van der Waals surface area contributed by atoms with Crippen LogP contribution >= 0.6 is 0 Å². The van der Waals surface area contributed by atoms with E-state index in [1.54, 1.807) is 13.0 Å². The molecular weight excluding hydrogens is 289 g/mol. The number of alkyl halides is 3. The van der Waals surface area contributed by atoms with E-state index in [9.17, 15) is 18.0 Å². The molecule has 0 amide bonds. The van der Waals surface area contributed by atoms with Gasteiger partial charge in [-0.25, -0.2) is 0 Å². The maximum Gasteiger partial charge on any atom is 0.573 e. The number of carbonyl (C=O) groups excluding carboxylic acids is 1. The van der Waals surface area contributed by atoms with Crippen LogP contribution in [0.25, 0.3) is 0 Å². The summed E-state index contributed by atoms with van der Waals surface area (Å²) in [5.41, 5.74) is 5.41. The van der Waals surface area contributed by atoms with Crippen molar-refractivity contribution >= 4 is 5.97 Å². The van der Waals surface area contributed by atoms with E-state index in [0.29, 0.717) is 5.56 Å². The lowest BCUT2D eigenvalue weighted by Gasteiger charge is -2.15. The summed E-state index contributed by atoms with van der Waals surface area (Å²) < 4.78 is 45.8. The Morgan fingerprint density at radius 2 is 2.10 bits per heavy atom. The van der Waals surface area contributed by atoms with Crippen molar-refractivity contribution < 1.29 is 27.4 Å². The molecule has 1 aromatic rings. The second-order valence-electron chi connectivity index (χ2n) is 3.98. The first-order valence-corrected chi connectivity index (χ1v) is 5.98. The Morgan fingerprint density at radius 3 is 2.57 bits per heavy atom. The standard InChI is InChI=1S/C13H13F3N2O3/c1-2-20-11(19)5-9-3-8(6-17)4-10(7-18)12(9)21-13(14,15)16/h3-4H,2,5-6,17H2,1H3. The molecule has 0 heterocycles. The Bertz CT molecular complexity index is 565. The minimum atomic E-state index is -4.97. The van der Waals surface area contributed by atoms with Crippen LogP contribution < -0.4 is 10.5 Å². The van der Waals surface area contributed by atoms with Crippen molar-refractivity contribution in [3.63, 3.8) is 0 Å². The molecule has 8 heteroatoms. The Kier molecular flexibility index (Phi) is 5.55. The number of hydrogen-bond donors (Lipinski definition) is 1. The molecule has 0 unspecified atom stereocenters. The van der Waals surface area contributed by atoms with Crippen LogP contribution in [0.2, 0.25) is 0 Å². The fourth-order valence-electron chi connectivity index (χ4n) is 1.69. The average Bonchev–Trinajstić information content (AvgIpc) is 2.39.